The van der Waals surface area contributed by atoms with E-state index in [2.05, 4.69) is 42.0 Å². The molecule has 0 bridgehead atoms. The van der Waals surface area contributed by atoms with Crippen molar-refractivity contribution in [3.05, 3.63) is 54.4 Å². The maximum Gasteiger partial charge on any atom is 0.328 e. The Morgan fingerprint density at radius 1 is 1.13 bits per heavy atom. The molecule has 0 saturated carbocycles. The van der Waals surface area contributed by atoms with Gasteiger partial charge in [0, 0.05) is 49.5 Å². The van der Waals surface area contributed by atoms with Gasteiger partial charge in [-0.3, -0.25) is 4.57 Å². The summed E-state index contributed by atoms with van der Waals surface area (Å²) >= 11 is 0. The number of amides is 1. The van der Waals surface area contributed by atoms with Crippen LogP contribution in [0, 0.1) is 0 Å². The number of piperazine rings is 1. The van der Waals surface area contributed by atoms with Crippen LogP contribution < -0.4 is 10.2 Å². The third kappa shape index (κ3) is 4.11. The van der Waals surface area contributed by atoms with Gasteiger partial charge < -0.3 is 20.2 Å². The van der Waals surface area contributed by atoms with Crippen LogP contribution in [0.2, 0.25) is 0 Å². The van der Waals surface area contributed by atoms with E-state index in [9.17, 15) is 9.90 Å². The predicted octanol–water partition coefficient (Wildman–Crippen LogP) is 3.53. The van der Waals surface area contributed by atoms with Gasteiger partial charge in [-0.05, 0) is 50.6 Å². The van der Waals surface area contributed by atoms with Gasteiger partial charge in [-0.15, -0.1) is 0 Å². The van der Waals surface area contributed by atoms with Crippen molar-refractivity contribution in [2.75, 3.05) is 36.4 Å². The van der Waals surface area contributed by atoms with Gasteiger partial charge in [0.15, 0.2) is 5.82 Å². The fourth-order valence-corrected chi connectivity index (χ4v) is 3.85. The molecular formula is C23H29N5O2. The van der Waals surface area contributed by atoms with Crippen LogP contribution in [-0.2, 0) is 6.61 Å². The Kier molecular flexibility index (Phi) is 5.39. The normalized spacial score (nSPS) is 14.9. The van der Waals surface area contributed by atoms with E-state index in [4.69, 9.17) is 0 Å². The van der Waals surface area contributed by atoms with Gasteiger partial charge in [-0.2, -0.15) is 0 Å². The lowest BCUT2D eigenvalue weighted by Gasteiger charge is -2.37. The van der Waals surface area contributed by atoms with Gasteiger partial charge in [0.25, 0.3) is 0 Å². The lowest BCUT2D eigenvalue weighted by Crippen LogP contribution is -2.50. The summed E-state index contributed by atoms with van der Waals surface area (Å²) in [5, 5.41) is 13.9. The summed E-state index contributed by atoms with van der Waals surface area (Å²) in [6.45, 7) is 9.06. The second-order valence-electron chi connectivity index (χ2n) is 8.74. The van der Waals surface area contributed by atoms with Crippen LogP contribution in [0.3, 0.4) is 0 Å². The molecule has 1 saturated heterocycles. The van der Waals surface area contributed by atoms with Crippen molar-refractivity contribution in [1.29, 1.82) is 0 Å². The van der Waals surface area contributed by atoms with Crippen molar-refractivity contribution in [2.24, 2.45) is 0 Å². The highest BCUT2D eigenvalue weighted by Gasteiger charge is 2.25. The van der Waals surface area contributed by atoms with E-state index in [1.165, 1.54) is 0 Å². The third-order valence-electron chi connectivity index (χ3n) is 5.29. The number of rotatable bonds is 3. The SMILES string of the molecule is CC(C)(C)Nc1cccnc1N1CCN(C(=O)n2ccc3ccc(CO)cc32)CC1. The molecule has 0 spiro atoms. The van der Waals surface area contributed by atoms with Crippen LogP contribution >= 0.6 is 0 Å². The molecule has 2 aromatic heterocycles. The van der Waals surface area contributed by atoms with Crippen molar-refractivity contribution in [3.8, 4) is 0 Å². The van der Waals surface area contributed by atoms with E-state index < -0.39 is 0 Å². The number of carbonyl (C=O) groups is 1. The molecule has 1 amide bonds. The maximum absolute atomic E-state index is 13.2. The zero-order valence-electron chi connectivity index (χ0n) is 17.8. The Bertz CT molecular complexity index is 1050. The average Bonchev–Trinajstić information content (AvgIpc) is 3.16. The molecule has 1 aliphatic rings. The number of pyridine rings is 1. The van der Waals surface area contributed by atoms with E-state index >= 15 is 0 Å². The molecule has 0 unspecified atom stereocenters. The standard InChI is InChI=1S/C23H29N5O2/c1-23(2,3)25-19-5-4-9-24-21(19)26-11-13-27(14-12-26)22(30)28-10-8-18-7-6-17(16-29)15-20(18)28/h4-10,15,25,29H,11-14,16H2,1-3H3. The molecule has 30 heavy (non-hydrogen) atoms. The number of hydrogen-bond acceptors (Lipinski definition) is 5. The molecule has 7 nitrogen and oxygen atoms in total. The van der Waals surface area contributed by atoms with Gasteiger partial charge in [-0.25, -0.2) is 9.78 Å². The summed E-state index contributed by atoms with van der Waals surface area (Å²) < 4.78 is 1.68. The van der Waals surface area contributed by atoms with Crippen LogP contribution in [-0.4, -0.2) is 57.3 Å². The van der Waals surface area contributed by atoms with E-state index in [1.807, 2.05) is 47.6 Å². The first-order valence-corrected chi connectivity index (χ1v) is 10.3. The van der Waals surface area contributed by atoms with Crippen LogP contribution in [0.5, 0.6) is 0 Å². The smallest absolute Gasteiger partial charge is 0.328 e. The fraction of sp³-hybridized carbons (Fsp3) is 0.391. The lowest BCUT2D eigenvalue weighted by molar-refractivity contribution is 0.197. The molecule has 158 valence electrons. The molecule has 3 heterocycles. The summed E-state index contributed by atoms with van der Waals surface area (Å²) in [6.07, 6.45) is 3.62. The molecule has 4 rings (SSSR count). The van der Waals surface area contributed by atoms with E-state index in [1.54, 1.807) is 4.57 Å². The van der Waals surface area contributed by atoms with Crippen molar-refractivity contribution in [2.45, 2.75) is 32.9 Å². The average molecular weight is 408 g/mol. The number of aliphatic hydroxyl groups is 1. The number of anilines is 2. The number of fused-ring (bicyclic) bond motifs is 1. The number of benzene rings is 1. The minimum atomic E-state index is -0.0571. The molecule has 1 fully saturated rings. The van der Waals surface area contributed by atoms with Crippen molar-refractivity contribution >= 4 is 28.4 Å². The Labute approximate surface area is 176 Å². The van der Waals surface area contributed by atoms with Crippen LogP contribution in [0.4, 0.5) is 16.3 Å². The number of hydrogen-bond donors (Lipinski definition) is 2. The topological polar surface area (TPSA) is 73.6 Å². The Morgan fingerprint density at radius 2 is 1.90 bits per heavy atom. The molecule has 7 heteroatoms. The van der Waals surface area contributed by atoms with Gasteiger partial charge in [0.2, 0.25) is 0 Å². The van der Waals surface area contributed by atoms with Gasteiger partial charge >= 0.3 is 6.03 Å². The van der Waals surface area contributed by atoms with Crippen LogP contribution in [0.15, 0.2) is 48.8 Å². The predicted molar refractivity (Wildman–Crippen MR) is 120 cm³/mol. The molecular weight excluding hydrogens is 378 g/mol. The summed E-state index contributed by atoms with van der Waals surface area (Å²) in [5.41, 5.74) is 2.58. The number of aliphatic hydroxyl groups excluding tert-OH is 1. The minimum Gasteiger partial charge on any atom is -0.392 e. The Balaban J connectivity index is 1.49. The summed E-state index contributed by atoms with van der Waals surface area (Å²) in [7, 11) is 0. The molecule has 0 radical (unpaired) electrons. The second-order valence-corrected chi connectivity index (χ2v) is 8.74. The number of nitrogens with one attached hydrogen (secondary N) is 1. The molecule has 0 aliphatic carbocycles. The third-order valence-corrected chi connectivity index (χ3v) is 5.29. The summed E-state index contributed by atoms with van der Waals surface area (Å²) in [4.78, 5) is 21.9. The van der Waals surface area contributed by atoms with E-state index in [-0.39, 0.29) is 18.2 Å². The molecule has 0 atom stereocenters. The largest absolute Gasteiger partial charge is 0.392 e. The Hall–Kier alpha value is -3.06. The monoisotopic (exact) mass is 407 g/mol. The molecule has 3 aromatic rings. The quantitative estimate of drug-likeness (QED) is 0.695. The molecule has 2 N–H and O–H groups in total. The highest BCUT2D eigenvalue weighted by Crippen LogP contribution is 2.27. The first-order valence-electron chi connectivity index (χ1n) is 10.3. The highest BCUT2D eigenvalue weighted by atomic mass is 16.3. The first kappa shape index (κ1) is 20.2. The van der Waals surface area contributed by atoms with E-state index in [0.29, 0.717) is 13.1 Å². The number of carbonyl (C=O) groups excluding carboxylic acids is 1. The van der Waals surface area contributed by atoms with Crippen molar-refractivity contribution in [1.82, 2.24) is 14.5 Å². The minimum absolute atomic E-state index is 0.0335. The van der Waals surface area contributed by atoms with Crippen LogP contribution in [0.25, 0.3) is 10.9 Å². The Morgan fingerprint density at radius 3 is 2.60 bits per heavy atom. The zero-order chi connectivity index (χ0) is 21.3. The lowest BCUT2D eigenvalue weighted by atomic mass is 10.1. The first-order chi connectivity index (χ1) is 14.4. The second kappa shape index (κ2) is 7.99. The maximum atomic E-state index is 13.2. The fourth-order valence-electron chi connectivity index (χ4n) is 3.85. The highest BCUT2D eigenvalue weighted by molar-refractivity contribution is 5.92. The van der Waals surface area contributed by atoms with Crippen LogP contribution in [0.1, 0.15) is 26.3 Å². The van der Waals surface area contributed by atoms with E-state index in [0.717, 1.165) is 41.1 Å². The number of nitrogens with zero attached hydrogens (tertiary/aromatic N) is 4. The van der Waals surface area contributed by atoms with Crippen molar-refractivity contribution < 1.29 is 9.90 Å². The van der Waals surface area contributed by atoms with Gasteiger partial charge in [-0.1, -0.05) is 12.1 Å². The zero-order valence-corrected chi connectivity index (χ0v) is 17.8. The molecule has 1 aliphatic heterocycles. The van der Waals surface area contributed by atoms with Gasteiger partial charge in [0.1, 0.15) is 0 Å². The summed E-state index contributed by atoms with van der Waals surface area (Å²) in [5.74, 6) is 0.929. The molecule has 1 aromatic carbocycles. The summed E-state index contributed by atoms with van der Waals surface area (Å²) in [6, 6.07) is 11.6. The van der Waals surface area contributed by atoms with Crippen molar-refractivity contribution in [3.63, 3.8) is 0 Å². The number of aromatic nitrogens is 2. The van der Waals surface area contributed by atoms with Gasteiger partial charge in [0.05, 0.1) is 17.8 Å².